The van der Waals surface area contributed by atoms with Crippen LogP contribution in [0.1, 0.15) is 12.0 Å². The van der Waals surface area contributed by atoms with Gasteiger partial charge >= 0.3 is 5.97 Å². The van der Waals surface area contributed by atoms with Crippen LogP contribution in [0.3, 0.4) is 0 Å². The van der Waals surface area contributed by atoms with Crippen LogP contribution in [-0.4, -0.2) is 34.9 Å². The average Bonchev–Trinajstić information content (AvgIpc) is 2.37. The average molecular weight is 264 g/mol. The molecule has 1 rings (SSSR count). The third kappa shape index (κ3) is 4.27. The molecule has 0 aliphatic rings. The Labute approximate surface area is 108 Å². The van der Waals surface area contributed by atoms with Crippen molar-refractivity contribution in [1.82, 2.24) is 0 Å². The highest BCUT2D eigenvalue weighted by atomic mass is 16.5. The fraction of sp³-hybridized carbons (Fsp3) is 0.154. The Balaban J connectivity index is 2.74. The molecule has 6 heteroatoms. The number of hydrogen-bond acceptors (Lipinski definition) is 5. The molecule has 0 saturated heterocycles. The summed E-state index contributed by atoms with van der Waals surface area (Å²) in [5, 5.41) is 17.7. The van der Waals surface area contributed by atoms with E-state index in [9.17, 15) is 19.5 Å². The molecular weight excluding hydrogens is 252 g/mol. The lowest BCUT2D eigenvalue weighted by atomic mass is 10.1. The summed E-state index contributed by atoms with van der Waals surface area (Å²) in [6.45, 7) is 0. The number of rotatable bonds is 6. The smallest absolute Gasteiger partial charge is 0.372 e. The molecule has 19 heavy (non-hydrogen) atoms. The monoisotopic (exact) mass is 264 g/mol. The second-order valence-electron chi connectivity index (χ2n) is 3.64. The van der Waals surface area contributed by atoms with Crippen molar-refractivity contribution in [3.8, 4) is 11.5 Å². The van der Waals surface area contributed by atoms with Crippen LogP contribution in [-0.2, 0) is 14.4 Å². The van der Waals surface area contributed by atoms with Crippen LogP contribution in [0.25, 0.3) is 6.08 Å². The van der Waals surface area contributed by atoms with Crippen LogP contribution in [0.15, 0.2) is 24.3 Å². The van der Waals surface area contributed by atoms with Crippen molar-refractivity contribution >= 4 is 23.6 Å². The van der Waals surface area contributed by atoms with E-state index in [0.717, 1.165) is 6.08 Å². The van der Waals surface area contributed by atoms with Gasteiger partial charge in [-0.25, -0.2) is 4.79 Å². The van der Waals surface area contributed by atoms with Crippen molar-refractivity contribution in [3.63, 3.8) is 0 Å². The molecule has 0 atom stereocenters. The number of methoxy groups -OCH3 is 1. The molecule has 100 valence electrons. The molecule has 6 nitrogen and oxygen atoms in total. The predicted octanol–water partition coefficient (Wildman–Crippen LogP) is 1.03. The van der Waals surface area contributed by atoms with Crippen molar-refractivity contribution in [3.05, 3.63) is 29.8 Å². The zero-order valence-electron chi connectivity index (χ0n) is 10.1. The van der Waals surface area contributed by atoms with Gasteiger partial charge < -0.3 is 14.9 Å². The molecule has 0 amide bonds. The number of allylic oxidation sites excluding steroid dienone is 1. The van der Waals surface area contributed by atoms with E-state index in [1.807, 2.05) is 0 Å². The summed E-state index contributed by atoms with van der Waals surface area (Å²) in [4.78, 5) is 32.4. The highest BCUT2D eigenvalue weighted by Crippen LogP contribution is 2.26. The summed E-state index contributed by atoms with van der Waals surface area (Å²) < 4.78 is 4.89. The van der Waals surface area contributed by atoms with E-state index < -0.39 is 24.0 Å². The highest BCUT2D eigenvalue weighted by molar-refractivity contribution is 6.37. The minimum absolute atomic E-state index is 0.0352. The molecule has 0 fully saturated rings. The summed E-state index contributed by atoms with van der Waals surface area (Å²) >= 11 is 0. The van der Waals surface area contributed by atoms with Crippen molar-refractivity contribution in [2.24, 2.45) is 0 Å². The molecule has 0 spiro atoms. The number of benzene rings is 1. The Kier molecular flexibility index (Phi) is 4.82. The van der Waals surface area contributed by atoms with E-state index in [2.05, 4.69) is 0 Å². The third-order valence-electron chi connectivity index (χ3n) is 2.24. The molecular formula is C13H12O6. The zero-order valence-corrected chi connectivity index (χ0v) is 10.1. The van der Waals surface area contributed by atoms with Gasteiger partial charge in [0.25, 0.3) is 0 Å². The van der Waals surface area contributed by atoms with Gasteiger partial charge in [-0.05, 0) is 23.8 Å². The van der Waals surface area contributed by atoms with Crippen molar-refractivity contribution in [1.29, 1.82) is 0 Å². The first kappa shape index (κ1) is 14.4. The Hall–Kier alpha value is -2.63. The van der Waals surface area contributed by atoms with E-state index in [0.29, 0.717) is 5.56 Å². The number of carboxylic acids is 1. The predicted molar refractivity (Wildman–Crippen MR) is 66.0 cm³/mol. The van der Waals surface area contributed by atoms with E-state index in [-0.39, 0.29) is 11.5 Å². The number of ether oxygens (including phenoxy) is 1. The topological polar surface area (TPSA) is 101 Å². The number of carbonyl (C=O) groups excluding carboxylic acids is 2. The molecule has 0 heterocycles. The lowest BCUT2D eigenvalue weighted by Crippen LogP contribution is -2.15. The Bertz CT molecular complexity index is 544. The number of phenolic OH excluding ortho intramolecular Hbond substituents is 1. The fourth-order valence-corrected chi connectivity index (χ4v) is 1.28. The van der Waals surface area contributed by atoms with Gasteiger partial charge in [0, 0.05) is 0 Å². The molecule has 0 radical (unpaired) electrons. The number of hydrogen-bond donors (Lipinski definition) is 2. The van der Waals surface area contributed by atoms with Gasteiger partial charge in [0.1, 0.15) is 0 Å². The molecule has 0 saturated carbocycles. The second kappa shape index (κ2) is 6.34. The quantitative estimate of drug-likeness (QED) is 0.452. The Morgan fingerprint density at radius 1 is 1.32 bits per heavy atom. The fourth-order valence-electron chi connectivity index (χ4n) is 1.28. The molecule has 0 aliphatic heterocycles. The minimum atomic E-state index is -1.63. The van der Waals surface area contributed by atoms with Crippen molar-refractivity contribution in [2.45, 2.75) is 6.42 Å². The highest BCUT2D eigenvalue weighted by Gasteiger charge is 2.14. The van der Waals surface area contributed by atoms with Gasteiger partial charge in [-0.1, -0.05) is 12.1 Å². The molecule has 2 N–H and O–H groups in total. The van der Waals surface area contributed by atoms with Crippen LogP contribution in [0.4, 0.5) is 0 Å². The lowest BCUT2D eigenvalue weighted by Gasteiger charge is -2.03. The number of carboxylic acid groups (broad SMARTS) is 1. The van der Waals surface area contributed by atoms with Crippen molar-refractivity contribution < 1.29 is 29.3 Å². The van der Waals surface area contributed by atoms with E-state index in [1.165, 1.54) is 25.3 Å². The number of carbonyl (C=O) groups is 3. The maximum Gasteiger partial charge on any atom is 0.372 e. The standard InChI is InChI=1S/C13H12O6/c1-19-12-6-8(3-5-10(12)15)2-4-9(14)7-11(16)13(17)18/h2-6,15H,7H2,1H3,(H,17,18). The second-order valence-corrected chi connectivity index (χ2v) is 3.64. The summed E-state index contributed by atoms with van der Waals surface area (Å²) in [5.74, 6) is -3.19. The molecule has 0 aromatic heterocycles. The first-order valence-corrected chi connectivity index (χ1v) is 5.28. The largest absolute Gasteiger partial charge is 0.504 e. The summed E-state index contributed by atoms with van der Waals surface area (Å²) in [7, 11) is 1.39. The Morgan fingerprint density at radius 3 is 2.58 bits per heavy atom. The maximum atomic E-state index is 11.3. The summed E-state index contributed by atoms with van der Waals surface area (Å²) in [6.07, 6.45) is 1.83. The van der Waals surface area contributed by atoms with Crippen LogP contribution in [0.5, 0.6) is 11.5 Å². The molecule has 0 unspecified atom stereocenters. The van der Waals surface area contributed by atoms with Gasteiger partial charge in [0.05, 0.1) is 13.5 Å². The van der Waals surface area contributed by atoms with Crippen LogP contribution in [0.2, 0.25) is 0 Å². The number of Topliss-reactive ketones (excluding diaryl/α,β-unsaturated/α-hetero) is 1. The number of phenols is 1. The van der Waals surface area contributed by atoms with Crippen LogP contribution >= 0.6 is 0 Å². The molecule has 1 aromatic rings. The first-order chi connectivity index (χ1) is 8.93. The maximum absolute atomic E-state index is 11.3. The molecule has 0 bridgehead atoms. The van der Waals surface area contributed by atoms with Gasteiger partial charge in [0.15, 0.2) is 17.3 Å². The summed E-state index contributed by atoms with van der Waals surface area (Å²) in [6, 6.07) is 4.43. The number of ketones is 2. The number of aliphatic carboxylic acids is 1. The number of aromatic hydroxyl groups is 1. The van der Waals surface area contributed by atoms with Crippen LogP contribution in [0, 0.1) is 0 Å². The summed E-state index contributed by atoms with van der Waals surface area (Å²) in [5.41, 5.74) is 0.575. The van der Waals surface area contributed by atoms with E-state index in [4.69, 9.17) is 9.84 Å². The van der Waals surface area contributed by atoms with Gasteiger partial charge in [-0.15, -0.1) is 0 Å². The zero-order chi connectivity index (χ0) is 14.4. The van der Waals surface area contributed by atoms with E-state index in [1.54, 1.807) is 6.07 Å². The van der Waals surface area contributed by atoms with Gasteiger partial charge in [-0.3, -0.25) is 9.59 Å². The van der Waals surface area contributed by atoms with Crippen LogP contribution < -0.4 is 4.74 Å². The van der Waals surface area contributed by atoms with Crippen molar-refractivity contribution in [2.75, 3.05) is 7.11 Å². The molecule has 1 aromatic carbocycles. The lowest BCUT2D eigenvalue weighted by molar-refractivity contribution is -0.149. The van der Waals surface area contributed by atoms with E-state index >= 15 is 0 Å². The first-order valence-electron chi connectivity index (χ1n) is 5.28. The minimum Gasteiger partial charge on any atom is -0.504 e. The SMILES string of the molecule is COc1cc(C=CC(=O)CC(=O)C(=O)O)ccc1O. The van der Waals surface area contributed by atoms with Gasteiger partial charge in [-0.2, -0.15) is 0 Å². The molecule has 0 aliphatic carbocycles. The van der Waals surface area contributed by atoms with Gasteiger partial charge in [0.2, 0.25) is 5.78 Å². The normalized spacial score (nSPS) is 10.4. The third-order valence-corrected chi connectivity index (χ3v) is 2.24. The Morgan fingerprint density at radius 2 is 2.00 bits per heavy atom.